The van der Waals surface area contributed by atoms with Gasteiger partial charge in [0.25, 0.3) is 0 Å². The SMILES string of the molecule is Cc1ccc(NCC(O)c2ccccn2)c(Br)c1. The molecule has 18 heavy (non-hydrogen) atoms. The maximum absolute atomic E-state index is 9.99. The molecular formula is C14H15BrN2O. The number of aliphatic hydroxyl groups is 1. The zero-order valence-corrected chi connectivity index (χ0v) is 11.7. The molecule has 0 fully saturated rings. The second-order valence-corrected chi connectivity index (χ2v) is 4.99. The Labute approximate surface area is 115 Å². The predicted molar refractivity (Wildman–Crippen MR) is 76.6 cm³/mol. The molecule has 2 rings (SSSR count). The fourth-order valence-corrected chi connectivity index (χ4v) is 2.28. The van der Waals surface area contributed by atoms with E-state index in [2.05, 4.69) is 26.2 Å². The van der Waals surface area contributed by atoms with E-state index in [1.54, 1.807) is 6.20 Å². The largest absolute Gasteiger partial charge is 0.385 e. The van der Waals surface area contributed by atoms with Crippen molar-refractivity contribution in [3.63, 3.8) is 0 Å². The molecule has 1 atom stereocenters. The Hall–Kier alpha value is -1.39. The van der Waals surface area contributed by atoms with Crippen LogP contribution >= 0.6 is 15.9 Å². The lowest BCUT2D eigenvalue weighted by atomic mass is 10.2. The second kappa shape index (κ2) is 5.98. The van der Waals surface area contributed by atoms with Crippen LogP contribution in [0.1, 0.15) is 17.4 Å². The number of benzene rings is 1. The number of aromatic nitrogens is 1. The van der Waals surface area contributed by atoms with Crippen molar-refractivity contribution in [2.24, 2.45) is 0 Å². The van der Waals surface area contributed by atoms with Crippen LogP contribution in [0, 0.1) is 6.92 Å². The summed E-state index contributed by atoms with van der Waals surface area (Å²) in [7, 11) is 0. The third-order valence-electron chi connectivity index (χ3n) is 2.64. The number of rotatable bonds is 4. The van der Waals surface area contributed by atoms with E-state index in [-0.39, 0.29) is 0 Å². The van der Waals surface area contributed by atoms with Crippen molar-refractivity contribution in [1.29, 1.82) is 0 Å². The Balaban J connectivity index is 1.99. The van der Waals surface area contributed by atoms with Gasteiger partial charge in [0, 0.05) is 22.9 Å². The van der Waals surface area contributed by atoms with E-state index in [4.69, 9.17) is 0 Å². The first-order valence-corrected chi connectivity index (χ1v) is 6.55. The number of anilines is 1. The van der Waals surface area contributed by atoms with Crippen molar-refractivity contribution in [1.82, 2.24) is 4.98 Å². The number of hydrogen-bond acceptors (Lipinski definition) is 3. The van der Waals surface area contributed by atoms with Crippen molar-refractivity contribution in [2.75, 3.05) is 11.9 Å². The Morgan fingerprint density at radius 3 is 2.83 bits per heavy atom. The van der Waals surface area contributed by atoms with Crippen LogP contribution in [0.15, 0.2) is 47.1 Å². The number of hydrogen-bond donors (Lipinski definition) is 2. The lowest BCUT2D eigenvalue weighted by Gasteiger charge is -2.13. The third kappa shape index (κ3) is 3.31. The fourth-order valence-electron chi connectivity index (χ4n) is 1.65. The highest BCUT2D eigenvalue weighted by molar-refractivity contribution is 9.10. The molecular weight excluding hydrogens is 292 g/mol. The maximum atomic E-state index is 9.99. The molecule has 0 bridgehead atoms. The minimum atomic E-state index is -0.612. The molecule has 94 valence electrons. The van der Waals surface area contributed by atoms with Crippen molar-refractivity contribution in [3.8, 4) is 0 Å². The molecule has 1 unspecified atom stereocenters. The van der Waals surface area contributed by atoms with Gasteiger partial charge in [0.15, 0.2) is 0 Å². The number of pyridine rings is 1. The van der Waals surface area contributed by atoms with E-state index in [9.17, 15) is 5.11 Å². The molecule has 0 radical (unpaired) electrons. The topological polar surface area (TPSA) is 45.1 Å². The number of aliphatic hydroxyl groups excluding tert-OH is 1. The lowest BCUT2D eigenvalue weighted by molar-refractivity contribution is 0.187. The summed E-state index contributed by atoms with van der Waals surface area (Å²) < 4.78 is 0.996. The van der Waals surface area contributed by atoms with E-state index in [0.29, 0.717) is 12.2 Å². The van der Waals surface area contributed by atoms with Gasteiger partial charge in [-0.2, -0.15) is 0 Å². The molecule has 2 N–H and O–H groups in total. The quantitative estimate of drug-likeness (QED) is 0.911. The number of nitrogens with zero attached hydrogens (tertiary/aromatic N) is 1. The zero-order valence-electron chi connectivity index (χ0n) is 10.1. The molecule has 1 heterocycles. The van der Waals surface area contributed by atoms with Gasteiger partial charge < -0.3 is 10.4 Å². The average molecular weight is 307 g/mol. The first-order chi connectivity index (χ1) is 8.66. The summed E-state index contributed by atoms with van der Waals surface area (Å²) in [6.07, 6.45) is 1.07. The highest BCUT2D eigenvalue weighted by Gasteiger charge is 2.08. The standard InChI is InChI=1S/C14H15BrN2O/c1-10-5-6-12(11(15)8-10)17-9-14(18)13-4-2-3-7-16-13/h2-8,14,17-18H,9H2,1H3. The van der Waals surface area contributed by atoms with Gasteiger partial charge in [-0.25, -0.2) is 0 Å². The summed E-state index contributed by atoms with van der Waals surface area (Å²) >= 11 is 3.49. The molecule has 0 aliphatic heterocycles. The second-order valence-electron chi connectivity index (χ2n) is 4.13. The summed E-state index contributed by atoms with van der Waals surface area (Å²) in [5.74, 6) is 0. The first-order valence-electron chi connectivity index (χ1n) is 5.76. The first kappa shape index (κ1) is 13.1. The van der Waals surface area contributed by atoms with Crippen LogP contribution < -0.4 is 5.32 Å². The maximum Gasteiger partial charge on any atom is 0.113 e. The summed E-state index contributed by atoms with van der Waals surface area (Å²) in [6, 6.07) is 11.6. The van der Waals surface area contributed by atoms with Crippen LogP contribution in [0.2, 0.25) is 0 Å². The minimum absolute atomic E-state index is 0.429. The Bertz CT molecular complexity index is 516. The van der Waals surface area contributed by atoms with E-state index in [1.807, 2.05) is 43.3 Å². The van der Waals surface area contributed by atoms with Gasteiger partial charge in [-0.15, -0.1) is 0 Å². The van der Waals surface area contributed by atoms with Crippen molar-refractivity contribution < 1.29 is 5.11 Å². The molecule has 2 aromatic rings. The van der Waals surface area contributed by atoms with Gasteiger partial charge in [-0.3, -0.25) is 4.98 Å². The molecule has 0 amide bonds. The van der Waals surface area contributed by atoms with Gasteiger partial charge in [0.05, 0.1) is 5.69 Å². The van der Waals surface area contributed by atoms with Crippen LogP contribution in [0.5, 0.6) is 0 Å². The van der Waals surface area contributed by atoms with Gasteiger partial charge >= 0.3 is 0 Å². The normalized spacial score (nSPS) is 12.2. The predicted octanol–water partition coefficient (Wildman–Crippen LogP) is 3.30. The van der Waals surface area contributed by atoms with Crippen LogP contribution in [0.3, 0.4) is 0 Å². The average Bonchev–Trinajstić information content (AvgIpc) is 2.38. The van der Waals surface area contributed by atoms with Gasteiger partial charge in [-0.1, -0.05) is 12.1 Å². The number of aryl methyl sites for hydroxylation is 1. The monoisotopic (exact) mass is 306 g/mol. The highest BCUT2D eigenvalue weighted by atomic mass is 79.9. The van der Waals surface area contributed by atoms with E-state index in [0.717, 1.165) is 10.2 Å². The lowest BCUT2D eigenvalue weighted by Crippen LogP contribution is -2.13. The van der Waals surface area contributed by atoms with Crippen LogP contribution in [0.4, 0.5) is 5.69 Å². The number of halogens is 1. The van der Waals surface area contributed by atoms with Gasteiger partial charge in [0.2, 0.25) is 0 Å². The summed E-state index contributed by atoms with van der Waals surface area (Å²) in [5.41, 5.74) is 2.83. The van der Waals surface area contributed by atoms with Crippen LogP contribution in [-0.2, 0) is 0 Å². The van der Waals surface area contributed by atoms with Crippen LogP contribution in [0.25, 0.3) is 0 Å². The minimum Gasteiger partial charge on any atom is -0.385 e. The van der Waals surface area contributed by atoms with Gasteiger partial charge in [0.1, 0.15) is 6.10 Å². The summed E-state index contributed by atoms with van der Waals surface area (Å²) in [5, 5.41) is 13.2. The Morgan fingerprint density at radius 2 is 2.17 bits per heavy atom. The van der Waals surface area contributed by atoms with Crippen molar-refractivity contribution >= 4 is 21.6 Å². The smallest absolute Gasteiger partial charge is 0.113 e. The Kier molecular flexibility index (Phi) is 4.33. The summed E-state index contributed by atoms with van der Waals surface area (Å²) in [6.45, 7) is 2.47. The third-order valence-corrected chi connectivity index (χ3v) is 3.30. The highest BCUT2D eigenvalue weighted by Crippen LogP contribution is 2.24. The molecule has 1 aromatic carbocycles. The van der Waals surface area contributed by atoms with Crippen molar-refractivity contribution in [3.05, 3.63) is 58.3 Å². The molecule has 4 heteroatoms. The Morgan fingerprint density at radius 1 is 1.33 bits per heavy atom. The van der Waals surface area contributed by atoms with E-state index >= 15 is 0 Å². The van der Waals surface area contributed by atoms with Crippen LogP contribution in [-0.4, -0.2) is 16.6 Å². The fraction of sp³-hybridized carbons (Fsp3) is 0.214. The van der Waals surface area contributed by atoms with Crippen molar-refractivity contribution in [2.45, 2.75) is 13.0 Å². The zero-order chi connectivity index (χ0) is 13.0. The molecule has 1 aromatic heterocycles. The molecule has 0 spiro atoms. The molecule has 0 aliphatic rings. The van der Waals surface area contributed by atoms with E-state index in [1.165, 1.54) is 5.56 Å². The molecule has 3 nitrogen and oxygen atoms in total. The summed E-state index contributed by atoms with van der Waals surface area (Å²) in [4.78, 5) is 4.13. The molecule has 0 aliphatic carbocycles. The van der Waals surface area contributed by atoms with Gasteiger partial charge in [-0.05, 0) is 52.7 Å². The number of nitrogens with one attached hydrogen (secondary N) is 1. The molecule has 0 saturated heterocycles. The van der Waals surface area contributed by atoms with E-state index < -0.39 is 6.10 Å². The molecule has 0 saturated carbocycles.